The first-order valence-electron chi connectivity index (χ1n) is 16.1. The summed E-state index contributed by atoms with van der Waals surface area (Å²) in [7, 11) is 0. The van der Waals surface area contributed by atoms with E-state index in [0.717, 1.165) is 48.1 Å². The Morgan fingerprint density at radius 3 is 2.35 bits per heavy atom. The van der Waals surface area contributed by atoms with E-state index in [0.29, 0.717) is 64.1 Å². The van der Waals surface area contributed by atoms with Crippen LogP contribution in [0.5, 0.6) is 0 Å². The molecule has 0 aliphatic carbocycles. The molecule has 0 bridgehead atoms. The molecule has 46 heavy (non-hydrogen) atoms. The van der Waals surface area contributed by atoms with Crippen LogP contribution < -0.4 is 10.6 Å². The van der Waals surface area contributed by atoms with E-state index in [2.05, 4.69) is 15.6 Å². The van der Waals surface area contributed by atoms with Crippen molar-refractivity contribution < 1.29 is 24.0 Å². The smallest absolute Gasteiger partial charge is 0.322 e. The summed E-state index contributed by atoms with van der Waals surface area (Å²) in [5.74, 6) is -0.561. The second-order valence-electron chi connectivity index (χ2n) is 12.0. The Balaban J connectivity index is 0.984. The van der Waals surface area contributed by atoms with Gasteiger partial charge in [-0.2, -0.15) is 5.10 Å². The number of nitrogens with one attached hydrogen (secondary N) is 2. The van der Waals surface area contributed by atoms with E-state index in [1.165, 1.54) is 17.1 Å². The van der Waals surface area contributed by atoms with E-state index >= 15 is 0 Å². The predicted octanol–water partition coefficient (Wildman–Crippen LogP) is 3.97. The second kappa shape index (κ2) is 15.4. The van der Waals surface area contributed by atoms with E-state index in [-0.39, 0.29) is 35.6 Å². The summed E-state index contributed by atoms with van der Waals surface area (Å²) in [4.78, 5) is 67.8. The highest BCUT2D eigenvalue weighted by Crippen LogP contribution is 2.24. The van der Waals surface area contributed by atoms with Crippen LogP contribution in [0.4, 0.5) is 10.5 Å². The van der Waals surface area contributed by atoms with Gasteiger partial charge in [0.25, 0.3) is 11.8 Å². The first-order valence-corrected chi connectivity index (χ1v) is 16.1. The Bertz CT molecular complexity index is 1480. The fourth-order valence-corrected chi connectivity index (χ4v) is 5.82. The van der Waals surface area contributed by atoms with Crippen molar-refractivity contribution in [2.75, 3.05) is 25.0 Å². The topological polar surface area (TPSA) is 144 Å². The molecule has 0 saturated heterocycles. The van der Waals surface area contributed by atoms with Gasteiger partial charge >= 0.3 is 6.03 Å². The minimum Gasteiger partial charge on any atom is -0.356 e. The summed E-state index contributed by atoms with van der Waals surface area (Å²) < 4.78 is 0. The monoisotopic (exact) mass is 627 g/mol. The molecule has 12 heteroatoms. The van der Waals surface area contributed by atoms with Gasteiger partial charge in [0.1, 0.15) is 0 Å². The first kappa shape index (κ1) is 32.5. The summed E-state index contributed by atoms with van der Waals surface area (Å²) >= 11 is 0. The highest BCUT2D eigenvalue weighted by atomic mass is 16.2. The third-order valence-electron chi connectivity index (χ3n) is 8.47. The maximum Gasteiger partial charge on any atom is 0.322 e. The molecule has 6 amide bonds. The SMILES string of the molecule is CC1CC(=O)N(CCCCCNC(=O)CCCCCN2C(=O)C=CC2=O)N=C1c1ccc(NC(=O)N2Cc3ccncc3C2)cc1. The number of unbranched alkanes of at least 4 members (excludes halogenated alkanes) is 4. The summed E-state index contributed by atoms with van der Waals surface area (Å²) in [5, 5.41) is 12.2. The van der Waals surface area contributed by atoms with Crippen LogP contribution in [0.1, 0.15) is 75.0 Å². The Morgan fingerprint density at radius 2 is 1.59 bits per heavy atom. The average molecular weight is 628 g/mol. The van der Waals surface area contributed by atoms with Crippen molar-refractivity contribution in [1.29, 1.82) is 0 Å². The van der Waals surface area contributed by atoms with Crippen LogP contribution in [-0.2, 0) is 32.3 Å². The summed E-state index contributed by atoms with van der Waals surface area (Å²) in [6.45, 7) is 4.57. The fraction of sp³-hybridized carbons (Fsp3) is 0.441. The van der Waals surface area contributed by atoms with Gasteiger partial charge in [-0.05, 0) is 67.0 Å². The molecule has 0 radical (unpaired) electrons. The molecule has 1 unspecified atom stereocenters. The molecule has 1 aromatic carbocycles. The minimum atomic E-state index is -0.272. The average Bonchev–Trinajstić information content (AvgIpc) is 3.63. The second-order valence-corrected chi connectivity index (χ2v) is 12.0. The van der Waals surface area contributed by atoms with Gasteiger partial charge in [-0.25, -0.2) is 9.80 Å². The van der Waals surface area contributed by atoms with Gasteiger partial charge < -0.3 is 15.5 Å². The zero-order valence-corrected chi connectivity index (χ0v) is 26.2. The van der Waals surface area contributed by atoms with Gasteiger partial charge in [0.15, 0.2) is 0 Å². The molecule has 1 aromatic heterocycles. The summed E-state index contributed by atoms with van der Waals surface area (Å²) in [6, 6.07) is 9.35. The quantitative estimate of drug-likeness (QED) is 0.240. The van der Waals surface area contributed by atoms with Crippen LogP contribution in [0.2, 0.25) is 0 Å². The zero-order chi connectivity index (χ0) is 32.5. The van der Waals surface area contributed by atoms with Crippen molar-refractivity contribution in [3.8, 4) is 0 Å². The number of carbonyl (C=O) groups excluding carboxylic acids is 5. The zero-order valence-electron chi connectivity index (χ0n) is 26.2. The van der Waals surface area contributed by atoms with Gasteiger partial charge in [0.2, 0.25) is 11.8 Å². The number of benzene rings is 1. The number of amides is 6. The predicted molar refractivity (Wildman–Crippen MR) is 172 cm³/mol. The van der Waals surface area contributed by atoms with Crippen LogP contribution in [0.3, 0.4) is 0 Å². The molecule has 2 aromatic rings. The normalized spacial score (nSPS) is 17.4. The van der Waals surface area contributed by atoms with Gasteiger partial charge in [0, 0.05) is 81.7 Å². The Kier molecular flexibility index (Phi) is 10.9. The standard InChI is InChI=1S/C34H41N7O5/c1-24-20-32(45)41(19-7-3-5-16-36-29(42)8-4-2-6-18-40-30(43)13-14-31(40)44)38-33(24)25-9-11-28(12-10-25)37-34(46)39-22-26-15-17-35-21-27(26)23-39/h9-15,17,21,24H,2-8,16,18-20,22-23H2,1H3,(H,36,42)(H,37,46). The number of urea groups is 1. The van der Waals surface area contributed by atoms with E-state index in [9.17, 15) is 24.0 Å². The highest BCUT2D eigenvalue weighted by molar-refractivity contribution is 6.12. The van der Waals surface area contributed by atoms with Crippen LogP contribution in [-0.4, -0.2) is 74.8 Å². The lowest BCUT2D eigenvalue weighted by molar-refractivity contribution is -0.137. The van der Waals surface area contributed by atoms with Gasteiger partial charge in [-0.1, -0.05) is 25.5 Å². The van der Waals surface area contributed by atoms with Crippen molar-refractivity contribution in [3.63, 3.8) is 0 Å². The van der Waals surface area contributed by atoms with Gasteiger partial charge in [-0.15, -0.1) is 0 Å². The first-order chi connectivity index (χ1) is 22.3. The third-order valence-corrected chi connectivity index (χ3v) is 8.47. The Hall–Kier alpha value is -4.87. The molecule has 5 rings (SSSR count). The van der Waals surface area contributed by atoms with E-state index in [4.69, 9.17) is 5.10 Å². The summed E-state index contributed by atoms with van der Waals surface area (Å²) in [5.41, 5.74) is 4.64. The fourth-order valence-electron chi connectivity index (χ4n) is 5.82. The van der Waals surface area contributed by atoms with Crippen molar-refractivity contribution >= 4 is 41.1 Å². The molecular formula is C34H41N7O5. The summed E-state index contributed by atoms with van der Waals surface area (Å²) in [6.07, 6.45) is 11.5. The molecule has 2 N–H and O–H groups in total. The van der Waals surface area contributed by atoms with Crippen molar-refractivity contribution in [2.24, 2.45) is 11.0 Å². The Morgan fingerprint density at radius 1 is 0.870 bits per heavy atom. The van der Waals surface area contributed by atoms with Gasteiger partial charge in [-0.3, -0.25) is 29.1 Å². The lowest BCUT2D eigenvalue weighted by Crippen LogP contribution is -2.37. The molecule has 4 heterocycles. The minimum absolute atomic E-state index is 0.00460. The molecule has 3 aliphatic rings. The highest BCUT2D eigenvalue weighted by Gasteiger charge is 2.28. The van der Waals surface area contributed by atoms with E-state index in [1.807, 2.05) is 37.3 Å². The number of hydrazone groups is 1. The number of imide groups is 1. The van der Waals surface area contributed by atoms with Crippen molar-refractivity contribution in [3.05, 3.63) is 71.6 Å². The molecule has 242 valence electrons. The number of pyridine rings is 1. The number of nitrogens with zero attached hydrogens (tertiary/aromatic N) is 5. The van der Waals surface area contributed by atoms with Gasteiger partial charge in [0.05, 0.1) is 5.71 Å². The molecular weight excluding hydrogens is 586 g/mol. The van der Waals surface area contributed by atoms with Crippen LogP contribution in [0.15, 0.2) is 60.0 Å². The number of anilines is 1. The number of carbonyl (C=O) groups is 5. The largest absolute Gasteiger partial charge is 0.356 e. The van der Waals surface area contributed by atoms with Crippen LogP contribution in [0, 0.1) is 5.92 Å². The number of rotatable bonds is 14. The lowest BCUT2D eigenvalue weighted by atomic mass is 9.93. The van der Waals surface area contributed by atoms with Crippen molar-refractivity contribution in [1.82, 2.24) is 25.1 Å². The number of aromatic nitrogens is 1. The molecule has 0 spiro atoms. The number of hydrogen-bond acceptors (Lipinski definition) is 7. The molecule has 0 fully saturated rings. The number of fused-ring (bicyclic) bond motifs is 1. The van der Waals surface area contributed by atoms with Crippen LogP contribution >= 0.6 is 0 Å². The molecule has 12 nitrogen and oxygen atoms in total. The maximum atomic E-state index is 12.8. The lowest BCUT2D eigenvalue weighted by Gasteiger charge is -2.28. The molecule has 3 aliphatic heterocycles. The van der Waals surface area contributed by atoms with E-state index in [1.54, 1.807) is 22.3 Å². The Labute approximate surface area is 268 Å². The van der Waals surface area contributed by atoms with E-state index < -0.39 is 0 Å². The third kappa shape index (κ3) is 8.43. The van der Waals surface area contributed by atoms with Crippen LogP contribution in [0.25, 0.3) is 0 Å². The molecule has 0 saturated carbocycles. The number of hydrogen-bond donors (Lipinski definition) is 2. The van der Waals surface area contributed by atoms with Crippen molar-refractivity contribution in [2.45, 2.75) is 71.4 Å². The maximum absolute atomic E-state index is 12.8. The molecule has 1 atom stereocenters.